The average Bonchev–Trinajstić information content (AvgIpc) is 3.21. The molecule has 4 rings (SSSR count). The number of ether oxygens (including phenoxy) is 1. The minimum Gasteiger partial charge on any atom is -0.488 e. The molecule has 1 saturated heterocycles. The lowest BCUT2D eigenvalue weighted by Crippen LogP contribution is -2.42. The number of guanidine groups is 1. The van der Waals surface area contributed by atoms with Crippen LogP contribution in [0.25, 0.3) is 0 Å². The number of aliphatic hydroxyl groups excluding tert-OH is 1. The molecule has 3 N–H and O–H groups in total. The van der Waals surface area contributed by atoms with Gasteiger partial charge < -0.3 is 20.5 Å². The fourth-order valence-corrected chi connectivity index (χ4v) is 4.18. The van der Waals surface area contributed by atoms with E-state index in [1.165, 1.54) is 16.7 Å². The molecule has 1 atom stereocenters. The monoisotopic (exact) mass is 422 g/mol. The standard InChI is InChI=1S/C25H34N4O2/c1-2-26-25(28-17-23-15-21-5-3-4-6-24(21)31-23)27-16-19-7-9-20(10-8-19)18-29-13-11-22(30)12-14-29/h3-10,22-23,30H,2,11-18H2,1H3,(H2,26,27,28). The van der Waals surface area contributed by atoms with E-state index in [0.29, 0.717) is 6.54 Å². The van der Waals surface area contributed by atoms with Crippen molar-refractivity contribution in [1.29, 1.82) is 0 Å². The van der Waals surface area contributed by atoms with Crippen molar-refractivity contribution in [3.05, 3.63) is 65.2 Å². The van der Waals surface area contributed by atoms with Crippen LogP contribution < -0.4 is 15.4 Å². The van der Waals surface area contributed by atoms with E-state index in [4.69, 9.17) is 9.73 Å². The van der Waals surface area contributed by atoms with Crippen LogP contribution in [-0.4, -0.2) is 54.4 Å². The fourth-order valence-electron chi connectivity index (χ4n) is 4.18. The van der Waals surface area contributed by atoms with Gasteiger partial charge >= 0.3 is 0 Å². The van der Waals surface area contributed by atoms with Gasteiger partial charge in [0.05, 0.1) is 19.2 Å². The van der Waals surface area contributed by atoms with E-state index in [2.05, 4.69) is 58.9 Å². The lowest BCUT2D eigenvalue weighted by atomic mass is 10.1. The molecule has 166 valence electrons. The lowest BCUT2D eigenvalue weighted by molar-refractivity contribution is 0.0792. The molecule has 1 unspecified atom stereocenters. The summed E-state index contributed by atoms with van der Waals surface area (Å²) in [6.07, 6.45) is 2.71. The Bertz CT molecular complexity index is 835. The maximum atomic E-state index is 9.66. The van der Waals surface area contributed by atoms with Crippen molar-refractivity contribution in [2.75, 3.05) is 26.2 Å². The number of hydrogen-bond donors (Lipinski definition) is 3. The van der Waals surface area contributed by atoms with Gasteiger partial charge in [-0.3, -0.25) is 4.90 Å². The van der Waals surface area contributed by atoms with Crippen molar-refractivity contribution >= 4 is 5.96 Å². The van der Waals surface area contributed by atoms with Crippen LogP contribution in [0.2, 0.25) is 0 Å². The molecule has 2 aromatic carbocycles. The number of nitrogens with zero attached hydrogens (tertiary/aromatic N) is 2. The van der Waals surface area contributed by atoms with Crippen molar-refractivity contribution in [3.63, 3.8) is 0 Å². The van der Waals surface area contributed by atoms with Crippen LogP contribution in [-0.2, 0) is 19.5 Å². The summed E-state index contributed by atoms with van der Waals surface area (Å²) in [5, 5.41) is 16.4. The first-order valence-corrected chi connectivity index (χ1v) is 11.4. The van der Waals surface area contributed by atoms with E-state index in [0.717, 1.165) is 63.7 Å². The second-order valence-electron chi connectivity index (χ2n) is 8.45. The Balaban J connectivity index is 1.26. The van der Waals surface area contributed by atoms with E-state index in [1.807, 2.05) is 12.1 Å². The number of para-hydroxylation sites is 1. The molecule has 1 fully saturated rings. The number of nitrogens with one attached hydrogen (secondary N) is 2. The fraction of sp³-hybridized carbons (Fsp3) is 0.480. The van der Waals surface area contributed by atoms with Gasteiger partial charge in [-0.05, 0) is 42.5 Å². The van der Waals surface area contributed by atoms with Crippen molar-refractivity contribution in [2.24, 2.45) is 4.99 Å². The highest BCUT2D eigenvalue weighted by molar-refractivity contribution is 5.79. The summed E-state index contributed by atoms with van der Waals surface area (Å²) >= 11 is 0. The number of aliphatic imine (C=N–C) groups is 1. The summed E-state index contributed by atoms with van der Waals surface area (Å²) in [6, 6.07) is 17.0. The molecule has 0 aromatic heterocycles. The molecular formula is C25H34N4O2. The van der Waals surface area contributed by atoms with Crippen LogP contribution >= 0.6 is 0 Å². The van der Waals surface area contributed by atoms with Crippen molar-refractivity contribution < 1.29 is 9.84 Å². The Kier molecular flexibility index (Phi) is 7.43. The molecule has 0 bridgehead atoms. The maximum Gasteiger partial charge on any atom is 0.191 e. The molecular weight excluding hydrogens is 388 g/mol. The SMILES string of the molecule is CCNC(=NCc1ccc(CN2CCC(O)CC2)cc1)NCC1Cc2ccccc2O1. The van der Waals surface area contributed by atoms with Gasteiger partial charge in [0.15, 0.2) is 5.96 Å². The van der Waals surface area contributed by atoms with Crippen LogP contribution in [0.3, 0.4) is 0 Å². The molecule has 2 heterocycles. The van der Waals surface area contributed by atoms with Gasteiger partial charge in [-0.1, -0.05) is 42.5 Å². The Labute approximate surface area is 185 Å². The molecule has 2 aliphatic heterocycles. The Morgan fingerprint density at radius 2 is 1.81 bits per heavy atom. The largest absolute Gasteiger partial charge is 0.488 e. The second-order valence-corrected chi connectivity index (χ2v) is 8.45. The van der Waals surface area contributed by atoms with Crippen LogP contribution in [0.5, 0.6) is 5.75 Å². The number of benzene rings is 2. The Morgan fingerprint density at radius 3 is 2.55 bits per heavy atom. The molecule has 6 heteroatoms. The van der Waals surface area contributed by atoms with E-state index in [1.54, 1.807) is 0 Å². The van der Waals surface area contributed by atoms with E-state index < -0.39 is 0 Å². The molecule has 0 saturated carbocycles. The first-order valence-electron chi connectivity index (χ1n) is 11.4. The average molecular weight is 423 g/mol. The highest BCUT2D eigenvalue weighted by atomic mass is 16.5. The van der Waals surface area contributed by atoms with Crippen LogP contribution in [0.15, 0.2) is 53.5 Å². The van der Waals surface area contributed by atoms with Gasteiger partial charge in [0, 0.05) is 32.6 Å². The summed E-state index contributed by atoms with van der Waals surface area (Å²) in [5.41, 5.74) is 3.78. The Morgan fingerprint density at radius 1 is 1.06 bits per heavy atom. The Hall–Kier alpha value is -2.57. The number of aliphatic hydroxyl groups is 1. The highest BCUT2D eigenvalue weighted by Crippen LogP contribution is 2.27. The zero-order valence-corrected chi connectivity index (χ0v) is 18.4. The van der Waals surface area contributed by atoms with Crippen molar-refractivity contribution in [2.45, 2.75) is 51.5 Å². The summed E-state index contributed by atoms with van der Waals surface area (Å²) < 4.78 is 6.02. The van der Waals surface area contributed by atoms with E-state index >= 15 is 0 Å². The molecule has 0 radical (unpaired) electrons. The zero-order chi connectivity index (χ0) is 21.5. The number of fused-ring (bicyclic) bond motifs is 1. The van der Waals surface area contributed by atoms with Crippen LogP contribution in [0, 0.1) is 0 Å². The molecule has 2 aromatic rings. The lowest BCUT2D eigenvalue weighted by Gasteiger charge is -2.29. The van der Waals surface area contributed by atoms with Gasteiger partial charge in [-0.15, -0.1) is 0 Å². The number of likely N-dealkylation sites (tertiary alicyclic amines) is 1. The summed E-state index contributed by atoms with van der Waals surface area (Å²) in [5.74, 6) is 1.81. The smallest absolute Gasteiger partial charge is 0.191 e. The predicted octanol–water partition coefficient (Wildman–Crippen LogP) is 2.70. The minimum atomic E-state index is -0.119. The quantitative estimate of drug-likeness (QED) is 0.473. The highest BCUT2D eigenvalue weighted by Gasteiger charge is 2.22. The summed E-state index contributed by atoms with van der Waals surface area (Å²) in [7, 11) is 0. The van der Waals surface area contributed by atoms with E-state index in [9.17, 15) is 5.11 Å². The minimum absolute atomic E-state index is 0.119. The van der Waals surface area contributed by atoms with Crippen molar-refractivity contribution in [1.82, 2.24) is 15.5 Å². The first kappa shape index (κ1) is 21.7. The second kappa shape index (κ2) is 10.6. The molecule has 2 aliphatic rings. The number of piperidine rings is 1. The van der Waals surface area contributed by atoms with E-state index in [-0.39, 0.29) is 12.2 Å². The topological polar surface area (TPSA) is 69.1 Å². The first-order chi connectivity index (χ1) is 15.2. The zero-order valence-electron chi connectivity index (χ0n) is 18.4. The summed E-state index contributed by atoms with van der Waals surface area (Å²) in [6.45, 7) is 7.15. The van der Waals surface area contributed by atoms with Gasteiger partial charge in [0.2, 0.25) is 0 Å². The third kappa shape index (κ3) is 6.21. The van der Waals surface area contributed by atoms with Gasteiger partial charge in [-0.2, -0.15) is 0 Å². The summed E-state index contributed by atoms with van der Waals surface area (Å²) in [4.78, 5) is 7.16. The third-order valence-electron chi connectivity index (χ3n) is 5.96. The molecule has 0 aliphatic carbocycles. The van der Waals surface area contributed by atoms with Crippen molar-refractivity contribution in [3.8, 4) is 5.75 Å². The molecule has 31 heavy (non-hydrogen) atoms. The maximum absolute atomic E-state index is 9.66. The van der Waals surface area contributed by atoms with Crippen LogP contribution in [0.4, 0.5) is 0 Å². The number of rotatable bonds is 7. The van der Waals surface area contributed by atoms with Gasteiger partial charge in [-0.25, -0.2) is 4.99 Å². The normalized spacial score (nSPS) is 19.7. The van der Waals surface area contributed by atoms with Gasteiger partial charge in [0.1, 0.15) is 11.9 Å². The molecule has 6 nitrogen and oxygen atoms in total. The number of hydrogen-bond acceptors (Lipinski definition) is 4. The van der Waals surface area contributed by atoms with Crippen LogP contribution in [0.1, 0.15) is 36.5 Å². The van der Waals surface area contributed by atoms with Gasteiger partial charge in [0.25, 0.3) is 0 Å². The predicted molar refractivity (Wildman–Crippen MR) is 124 cm³/mol. The third-order valence-corrected chi connectivity index (χ3v) is 5.96. The molecule has 0 spiro atoms. The molecule has 0 amide bonds.